The van der Waals surface area contributed by atoms with Crippen LogP contribution >= 0.6 is 23.3 Å². The predicted octanol–water partition coefficient (Wildman–Crippen LogP) is 3.28. The number of hydrogen-bond acceptors (Lipinski definition) is 6. The molecule has 3 heterocycles. The second-order valence-corrected chi connectivity index (χ2v) is 8.17. The van der Waals surface area contributed by atoms with Crippen LogP contribution in [0.1, 0.15) is 20.3 Å². The minimum atomic E-state index is -0.503. The number of anilines is 1. The van der Waals surface area contributed by atoms with Crippen LogP contribution in [0, 0.1) is 0 Å². The molecule has 0 saturated carbocycles. The smallest absolute Gasteiger partial charge is 0.243 e. The Morgan fingerprint density at radius 3 is 2.82 bits per heavy atom. The SMILES string of the molecule is CC(C)(SN1CCC1)C(=O)Nc1nc(-c2ccccn2)cs1. The molecule has 0 bridgehead atoms. The number of nitrogens with one attached hydrogen (secondary N) is 1. The van der Waals surface area contributed by atoms with Crippen molar-refractivity contribution in [2.75, 3.05) is 18.4 Å². The summed E-state index contributed by atoms with van der Waals surface area (Å²) >= 11 is 3.03. The van der Waals surface area contributed by atoms with E-state index in [0.717, 1.165) is 24.5 Å². The van der Waals surface area contributed by atoms with Gasteiger partial charge in [0.05, 0.1) is 5.69 Å². The first kappa shape index (κ1) is 15.5. The highest BCUT2D eigenvalue weighted by Crippen LogP contribution is 2.33. The molecule has 0 aliphatic carbocycles. The van der Waals surface area contributed by atoms with E-state index in [9.17, 15) is 4.79 Å². The van der Waals surface area contributed by atoms with Gasteiger partial charge >= 0.3 is 0 Å². The third-order valence-corrected chi connectivity index (χ3v) is 5.39. The molecule has 1 saturated heterocycles. The zero-order chi connectivity index (χ0) is 15.6. The van der Waals surface area contributed by atoms with Crippen molar-refractivity contribution in [2.45, 2.75) is 25.0 Å². The highest BCUT2D eigenvalue weighted by molar-refractivity contribution is 7.99. The first-order valence-corrected chi connectivity index (χ1v) is 8.82. The van der Waals surface area contributed by atoms with Crippen LogP contribution in [0.3, 0.4) is 0 Å². The molecule has 1 aliphatic heterocycles. The Labute approximate surface area is 138 Å². The van der Waals surface area contributed by atoms with Gasteiger partial charge in [0.25, 0.3) is 0 Å². The number of carbonyl (C=O) groups is 1. The Bertz CT molecular complexity index is 653. The molecule has 0 atom stereocenters. The first-order chi connectivity index (χ1) is 10.5. The maximum absolute atomic E-state index is 12.4. The fourth-order valence-electron chi connectivity index (χ4n) is 1.95. The van der Waals surface area contributed by atoms with Gasteiger partial charge in [0.15, 0.2) is 5.13 Å². The van der Waals surface area contributed by atoms with Crippen molar-refractivity contribution in [3.05, 3.63) is 29.8 Å². The van der Waals surface area contributed by atoms with Gasteiger partial charge in [0.2, 0.25) is 5.91 Å². The van der Waals surface area contributed by atoms with Crippen molar-refractivity contribution in [3.63, 3.8) is 0 Å². The maximum atomic E-state index is 12.4. The number of aromatic nitrogens is 2. The van der Waals surface area contributed by atoms with Gasteiger partial charge in [-0.1, -0.05) is 18.0 Å². The zero-order valence-corrected chi connectivity index (χ0v) is 14.2. The second kappa shape index (κ2) is 6.36. The number of rotatable bonds is 5. The highest BCUT2D eigenvalue weighted by Gasteiger charge is 2.33. The van der Waals surface area contributed by atoms with Crippen molar-refractivity contribution >= 4 is 34.3 Å². The molecule has 0 unspecified atom stereocenters. The molecular weight excluding hydrogens is 316 g/mol. The van der Waals surface area contributed by atoms with Crippen LogP contribution in [0.25, 0.3) is 11.4 Å². The Kier molecular flexibility index (Phi) is 4.46. The summed E-state index contributed by atoms with van der Waals surface area (Å²) in [5.41, 5.74) is 1.60. The molecule has 1 amide bonds. The summed E-state index contributed by atoms with van der Waals surface area (Å²) in [5, 5.41) is 5.44. The summed E-state index contributed by atoms with van der Waals surface area (Å²) in [6, 6.07) is 5.70. The molecule has 1 fully saturated rings. The lowest BCUT2D eigenvalue weighted by molar-refractivity contribution is -0.117. The molecule has 0 spiro atoms. The monoisotopic (exact) mass is 334 g/mol. The number of nitrogens with zero attached hydrogens (tertiary/aromatic N) is 3. The van der Waals surface area contributed by atoms with E-state index in [1.165, 1.54) is 17.8 Å². The highest BCUT2D eigenvalue weighted by atomic mass is 32.2. The summed E-state index contributed by atoms with van der Waals surface area (Å²) < 4.78 is 1.72. The van der Waals surface area contributed by atoms with E-state index in [-0.39, 0.29) is 5.91 Å². The largest absolute Gasteiger partial charge is 0.301 e. The minimum Gasteiger partial charge on any atom is -0.301 e. The molecular formula is C15H18N4OS2. The average molecular weight is 334 g/mol. The Balaban J connectivity index is 1.65. The van der Waals surface area contributed by atoms with E-state index in [4.69, 9.17) is 0 Å². The predicted molar refractivity (Wildman–Crippen MR) is 91.8 cm³/mol. The lowest BCUT2D eigenvalue weighted by atomic mass is 10.2. The standard InChI is InChI=1S/C15H18N4OS2/c1-15(2,22-19-8-5-9-19)13(20)18-14-17-12(10-21-14)11-6-3-4-7-16-11/h3-4,6-7,10H,5,8-9H2,1-2H3,(H,17,18,20). The molecule has 22 heavy (non-hydrogen) atoms. The van der Waals surface area contributed by atoms with Crippen molar-refractivity contribution in [1.29, 1.82) is 0 Å². The second-order valence-electron chi connectivity index (χ2n) is 5.59. The van der Waals surface area contributed by atoms with E-state index in [1.807, 2.05) is 37.4 Å². The summed E-state index contributed by atoms with van der Waals surface area (Å²) in [5.74, 6) is -0.0219. The van der Waals surface area contributed by atoms with Crippen LogP contribution in [-0.2, 0) is 4.79 Å². The van der Waals surface area contributed by atoms with Gasteiger partial charge in [-0.2, -0.15) is 0 Å². The average Bonchev–Trinajstić information content (AvgIpc) is 2.92. The van der Waals surface area contributed by atoms with Crippen LogP contribution in [0.4, 0.5) is 5.13 Å². The molecule has 116 valence electrons. The third-order valence-electron chi connectivity index (χ3n) is 3.37. The van der Waals surface area contributed by atoms with Gasteiger partial charge in [-0.25, -0.2) is 9.29 Å². The van der Waals surface area contributed by atoms with Gasteiger partial charge < -0.3 is 5.32 Å². The molecule has 2 aromatic heterocycles. The minimum absolute atomic E-state index is 0.0219. The topological polar surface area (TPSA) is 58.1 Å². The number of thiazole rings is 1. The maximum Gasteiger partial charge on any atom is 0.243 e. The van der Waals surface area contributed by atoms with E-state index >= 15 is 0 Å². The lowest BCUT2D eigenvalue weighted by Crippen LogP contribution is -2.41. The van der Waals surface area contributed by atoms with Gasteiger partial charge in [0, 0.05) is 24.7 Å². The molecule has 1 aliphatic rings. The Morgan fingerprint density at radius 2 is 2.18 bits per heavy atom. The van der Waals surface area contributed by atoms with E-state index in [0.29, 0.717) is 5.13 Å². The molecule has 3 rings (SSSR count). The Hall–Kier alpha value is -1.44. The van der Waals surface area contributed by atoms with Crippen LogP contribution in [-0.4, -0.2) is 38.0 Å². The fraction of sp³-hybridized carbons (Fsp3) is 0.400. The molecule has 0 radical (unpaired) electrons. The van der Waals surface area contributed by atoms with Crippen LogP contribution < -0.4 is 5.32 Å². The van der Waals surface area contributed by atoms with Gasteiger partial charge in [-0.3, -0.25) is 9.78 Å². The summed E-state index contributed by atoms with van der Waals surface area (Å²) in [6.07, 6.45) is 2.95. The van der Waals surface area contributed by atoms with Gasteiger partial charge in [0.1, 0.15) is 10.4 Å². The number of pyridine rings is 1. The molecule has 1 N–H and O–H groups in total. The lowest BCUT2D eigenvalue weighted by Gasteiger charge is -2.35. The van der Waals surface area contributed by atoms with Crippen molar-refractivity contribution in [3.8, 4) is 11.4 Å². The zero-order valence-electron chi connectivity index (χ0n) is 12.6. The van der Waals surface area contributed by atoms with Crippen LogP contribution in [0.15, 0.2) is 29.8 Å². The van der Waals surface area contributed by atoms with Crippen LogP contribution in [0.5, 0.6) is 0 Å². The van der Waals surface area contributed by atoms with Crippen molar-refractivity contribution in [2.24, 2.45) is 0 Å². The van der Waals surface area contributed by atoms with Gasteiger partial charge in [-0.15, -0.1) is 11.3 Å². The molecule has 0 aromatic carbocycles. The van der Waals surface area contributed by atoms with Crippen molar-refractivity contribution < 1.29 is 4.79 Å². The first-order valence-electron chi connectivity index (χ1n) is 7.17. The quantitative estimate of drug-likeness (QED) is 0.851. The fourth-order valence-corrected chi connectivity index (χ4v) is 3.87. The third kappa shape index (κ3) is 3.48. The Morgan fingerprint density at radius 1 is 1.36 bits per heavy atom. The summed E-state index contributed by atoms with van der Waals surface area (Å²) in [7, 11) is 0. The molecule has 2 aromatic rings. The number of hydrogen-bond donors (Lipinski definition) is 1. The normalized spacial score (nSPS) is 15.4. The van der Waals surface area contributed by atoms with E-state index in [2.05, 4.69) is 19.6 Å². The van der Waals surface area contributed by atoms with E-state index < -0.39 is 4.75 Å². The molecule has 5 nitrogen and oxygen atoms in total. The summed E-state index contributed by atoms with van der Waals surface area (Å²) in [4.78, 5) is 21.2. The number of carbonyl (C=O) groups excluding carboxylic acids is 1. The van der Waals surface area contributed by atoms with Crippen LogP contribution in [0.2, 0.25) is 0 Å². The summed E-state index contributed by atoms with van der Waals surface area (Å²) in [6.45, 7) is 6.00. The molecule has 7 heteroatoms. The van der Waals surface area contributed by atoms with Gasteiger partial charge in [-0.05, 0) is 32.4 Å². The van der Waals surface area contributed by atoms with Crippen molar-refractivity contribution in [1.82, 2.24) is 14.3 Å². The number of amides is 1. The van der Waals surface area contributed by atoms with E-state index in [1.54, 1.807) is 18.1 Å².